The van der Waals surface area contributed by atoms with Gasteiger partial charge in [0.1, 0.15) is 0 Å². The van der Waals surface area contributed by atoms with Gasteiger partial charge in [0.05, 0.1) is 0 Å². The summed E-state index contributed by atoms with van der Waals surface area (Å²) < 4.78 is 0. The van der Waals surface area contributed by atoms with Crippen LogP contribution in [0.3, 0.4) is 0 Å². The Morgan fingerprint density at radius 3 is 2.79 bits per heavy atom. The Hall–Kier alpha value is -1.88. The average Bonchev–Trinajstić information content (AvgIpc) is 2.46. The molecule has 0 spiro atoms. The topological polar surface area (TPSA) is 75.4 Å². The third-order valence-corrected chi connectivity index (χ3v) is 3.51. The van der Waals surface area contributed by atoms with Gasteiger partial charge in [-0.2, -0.15) is 0 Å². The first-order chi connectivity index (χ1) is 9.11. The van der Waals surface area contributed by atoms with Crippen LogP contribution in [0.25, 0.3) is 0 Å². The van der Waals surface area contributed by atoms with Gasteiger partial charge in [0.15, 0.2) is 0 Å². The fourth-order valence-electron chi connectivity index (χ4n) is 2.39. The van der Waals surface area contributed by atoms with E-state index < -0.39 is 5.91 Å². The number of amides is 2. The molecular formula is C14H19N3O2. The lowest BCUT2D eigenvalue weighted by atomic mass is 10.0. The SMILES string of the molecule is CNC1CCCN(C(=O)c2cccc(C(N)=O)c2)C1. The zero-order valence-electron chi connectivity index (χ0n) is 11.1. The Bertz CT molecular complexity index is 487. The molecule has 5 heteroatoms. The van der Waals surface area contributed by atoms with Crippen molar-refractivity contribution in [2.45, 2.75) is 18.9 Å². The summed E-state index contributed by atoms with van der Waals surface area (Å²) in [5.41, 5.74) is 6.12. The Morgan fingerprint density at radius 1 is 1.37 bits per heavy atom. The number of carbonyl (C=O) groups is 2. The van der Waals surface area contributed by atoms with Gasteiger partial charge in [0.25, 0.3) is 5.91 Å². The zero-order chi connectivity index (χ0) is 13.8. The molecule has 19 heavy (non-hydrogen) atoms. The Labute approximate surface area is 112 Å². The van der Waals surface area contributed by atoms with Crippen molar-refractivity contribution < 1.29 is 9.59 Å². The van der Waals surface area contributed by atoms with E-state index >= 15 is 0 Å². The van der Waals surface area contributed by atoms with Gasteiger partial charge in [0, 0.05) is 30.3 Å². The first kappa shape index (κ1) is 13.5. The van der Waals surface area contributed by atoms with Crippen LogP contribution >= 0.6 is 0 Å². The van der Waals surface area contributed by atoms with Crippen molar-refractivity contribution in [2.75, 3.05) is 20.1 Å². The number of likely N-dealkylation sites (tertiary alicyclic amines) is 1. The van der Waals surface area contributed by atoms with Crippen LogP contribution in [-0.4, -0.2) is 42.9 Å². The summed E-state index contributed by atoms with van der Waals surface area (Å²) in [5, 5.41) is 3.20. The smallest absolute Gasteiger partial charge is 0.253 e. The molecule has 0 aliphatic carbocycles. The van der Waals surface area contributed by atoms with E-state index in [2.05, 4.69) is 5.32 Å². The highest BCUT2D eigenvalue weighted by Crippen LogP contribution is 2.14. The highest BCUT2D eigenvalue weighted by atomic mass is 16.2. The van der Waals surface area contributed by atoms with E-state index in [1.807, 2.05) is 11.9 Å². The lowest BCUT2D eigenvalue weighted by molar-refractivity contribution is 0.0698. The maximum Gasteiger partial charge on any atom is 0.253 e. The molecule has 1 saturated heterocycles. The molecule has 1 aliphatic heterocycles. The number of benzene rings is 1. The van der Waals surface area contributed by atoms with E-state index in [-0.39, 0.29) is 5.91 Å². The number of hydrogen-bond donors (Lipinski definition) is 2. The van der Waals surface area contributed by atoms with Crippen LogP contribution in [0.2, 0.25) is 0 Å². The lowest BCUT2D eigenvalue weighted by Gasteiger charge is -2.32. The number of nitrogens with zero attached hydrogens (tertiary/aromatic N) is 1. The highest BCUT2D eigenvalue weighted by Gasteiger charge is 2.23. The Kier molecular flexibility index (Phi) is 4.16. The van der Waals surface area contributed by atoms with E-state index in [1.54, 1.807) is 24.3 Å². The van der Waals surface area contributed by atoms with Crippen molar-refractivity contribution in [3.8, 4) is 0 Å². The van der Waals surface area contributed by atoms with Gasteiger partial charge >= 0.3 is 0 Å². The van der Waals surface area contributed by atoms with E-state index in [9.17, 15) is 9.59 Å². The monoisotopic (exact) mass is 261 g/mol. The van der Waals surface area contributed by atoms with E-state index in [1.165, 1.54) is 0 Å². The number of carbonyl (C=O) groups excluding carboxylic acids is 2. The fourth-order valence-corrected chi connectivity index (χ4v) is 2.39. The van der Waals surface area contributed by atoms with Gasteiger partial charge in [0.2, 0.25) is 5.91 Å². The summed E-state index contributed by atoms with van der Waals surface area (Å²) in [5.74, 6) is -0.551. The Morgan fingerprint density at radius 2 is 2.11 bits per heavy atom. The average molecular weight is 261 g/mol. The number of likely N-dealkylation sites (N-methyl/N-ethyl adjacent to an activating group) is 1. The maximum absolute atomic E-state index is 12.4. The first-order valence-electron chi connectivity index (χ1n) is 6.48. The van der Waals surface area contributed by atoms with Crippen LogP contribution in [0.5, 0.6) is 0 Å². The molecule has 0 aromatic heterocycles. The molecule has 0 bridgehead atoms. The van der Waals surface area contributed by atoms with Crippen molar-refractivity contribution in [1.82, 2.24) is 10.2 Å². The van der Waals surface area contributed by atoms with Crippen molar-refractivity contribution in [2.24, 2.45) is 5.73 Å². The number of primary amides is 1. The third kappa shape index (κ3) is 3.12. The van der Waals surface area contributed by atoms with E-state index in [0.29, 0.717) is 23.7 Å². The molecule has 0 radical (unpaired) electrons. The van der Waals surface area contributed by atoms with E-state index in [0.717, 1.165) is 19.4 Å². The minimum atomic E-state index is -0.513. The number of nitrogens with one attached hydrogen (secondary N) is 1. The van der Waals surface area contributed by atoms with Crippen molar-refractivity contribution in [3.05, 3.63) is 35.4 Å². The first-order valence-corrected chi connectivity index (χ1v) is 6.48. The predicted molar refractivity (Wildman–Crippen MR) is 72.9 cm³/mol. The third-order valence-electron chi connectivity index (χ3n) is 3.51. The molecule has 102 valence electrons. The molecule has 1 aliphatic rings. The van der Waals surface area contributed by atoms with Gasteiger partial charge in [-0.05, 0) is 38.1 Å². The van der Waals surface area contributed by atoms with Gasteiger partial charge in [-0.25, -0.2) is 0 Å². The largest absolute Gasteiger partial charge is 0.366 e. The minimum absolute atomic E-state index is 0.0388. The molecule has 2 rings (SSSR count). The van der Waals surface area contributed by atoms with Crippen LogP contribution < -0.4 is 11.1 Å². The normalized spacial score (nSPS) is 19.2. The van der Waals surface area contributed by atoms with Gasteiger partial charge in [-0.1, -0.05) is 6.07 Å². The number of nitrogens with two attached hydrogens (primary N) is 1. The highest BCUT2D eigenvalue weighted by molar-refractivity contribution is 5.99. The Balaban J connectivity index is 2.14. The summed E-state index contributed by atoms with van der Waals surface area (Å²) in [7, 11) is 1.91. The predicted octanol–water partition coefficient (Wildman–Crippen LogP) is 0.609. The second-order valence-electron chi connectivity index (χ2n) is 4.82. The molecule has 1 aromatic carbocycles. The number of hydrogen-bond acceptors (Lipinski definition) is 3. The van der Waals surface area contributed by atoms with Crippen LogP contribution in [0.15, 0.2) is 24.3 Å². The molecule has 2 amide bonds. The van der Waals surface area contributed by atoms with Crippen LogP contribution in [-0.2, 0) is 0 Å². The standard InChI is InChI=1S/C14H19N3O2/c1-16-12-6-3-7-17(9-12)14(19)11-5-2-4-10(8-11)13(15)18/h2,4-5,8,12,16H,3,6-7,9H2,1H3,(H2,15,18). The molecule has 1 heterocycles. The van der Waals surface area contributed by atoms with Crippen molar-refractivity contribution in [1.29, 1.82) is 0 Å². The summed E-state index contributed by atoms with van der Waals surface area (Å²) >= 11 is 0. The summed E-state index contributed by atoms with van der Waals surface area (Å²) in [4.78, 5) is 25.3. The van der Waals surface area contributed by atoms with Gasteiger partial charge in [-0.3, -0.25) is 9.59 Å². The molecule has 1 fully saturated rings. The lowest BCUT2D eigenvalue weighted by Crippen LogP contribution is -2.47. The maximum atomic E-state index is 12.4. The summed E-state index contributed by atoms with van der Waals surface area (Å²) in [6, 6.07) is 6.93. The van der Waals surface area contributed by atoms with Crippen molar-refractivity contribution >= 4 is 11.8 Å². The number of piperidine rings is 1. The minimum Gasteiger partial charge on any atom is -0.366 e. The second kappa shape index (κ2) is 5.84. The molecular weight excluding hydrogens is 242 g/mol. The van der Waals surface area contributed by atoms with Crippen LogP contribution in [0.1, 0.15) is 33.6 Å². The molecule has 5 nitrogen and oxygen atoms in total. The van der Waals surface area contributed by atoms with Crippen LogP contribution in [0.4, 0.5) is 0 Å². The molecule has 1 unspecified atom stereocenters. The van der Waals surface area contributed by atoms with E-state index in [4.69, 9.17) is 5.73 Å². The van der Waals surface area contributed by atoms with Crippen LogP contribution in [0, 0.1) is 0 Å². The molecule has 1 atom stereocenters. The van der Waals surface area contributed by atoms with Crippen molar-refractivity contribution in [3.63, 3.8) is 0 Å². The summed E-state index contributed by atoms with van der Waals surface area (Å²) in [6.45, 7) is 1.47. The molecule has 1 aromatic rings. The fraction of sp³-hybridized carbons (Fsp3) is 0.429. The zero-order valence-corrected chi connectivity index (χ0v) is 11.1. The van der Waals surface area contributed by atoms with Gasteiger partial charge < -0.3 is 16.0 Å². The summed E-state index contributed by atoms with van der Waals surface area (Å²) in [6.07, 6.45) is 2.08. The quantitative estimate of drug-likeness (QED) is 0.837. The van der Waals surface area contributed by atoms with Gasteiger partial charge in [-0.15, -0.1) is 0 Å². The molecule has 3 N–H and O–H groups in total. The molecule has 0 saturated carbocycles. The number of rotatable bonds is 3. The second-order valence-corrected chi connectivity index (χ2v) is 4.82.